The number of nitrogens with zero attached hydrogens (tertiary/aromatic N) is 3. The van der Waals surface area contributed by atoms with Crippen molar-refractivity contribution in [2.75, 3.05) is 26.6 Å². The number of benzene rings is 2. The third kappa shape index (κ3) is 5.29. The molecule has 2 aliphatic rings. The number of hydrogen-bond acceptors (Lipinski definition) is 10. The van der Waals surface area contributed by atoms with Gasteiger partial charge in [0.05, 0.1) is 14.2 Å². The first kappa shape index (κ1) is 27.3. The molecule has 2 heterocycles. The first-order valence-corrected chi connectivity index (χ1v) is 15.0. The lowest BCUT2D eigenvalue weighted by molar-refractivity contribution is 0.0973. The molecular weight excluding hydrogens is 538 g/mol. The van der Waals surface area contributed by atoms with E-state index >= 15 is 0 Å². The maximum atomic E-state index is 12.9. The third-order valence-electron chi connectivity index (χ3n) is 7.14. The number of aliphatic imine (C=N–C) groups is 1. The van der Waals surface area contributed by atoms with Crippen LogP contribution in [0.1, 0.15) is 40.7 Å². The average molecular weight is 572 g/mol. The predicted octanol–water partition coefficient (Wildman–Crippen LogP) is 5.16. The van der Waals surface area contributed by atoms with Gasteiger partial charge in [-0.3, -0.25) is 19.2 Å². The molecule has 1 aromatic heterocycles. The zero-order valence-electron chi connectivity index (χ0n) is 22.2. The van der Waals surface area contributed by atoms with Crippen LogP contribution < -0.4 is 20.1 Å². The van der Waals surface area contributed by atoms with E-state index in [9.17, 15) is 13.9 Å². The number of hydrogen-bond donors (Lipinski definition) is 4. The van der Waals surface area contributed by atoms with Crippen LogP contribution >= 0.6 is 22.1 Å². The summed E-state index contributed by atoms with van der Waals surface area (Å²) < 4.78 is 35.1. The highest BCUT2D eigenvalue weighted by atomic mass is 32.3. The van der Waals surface area contributed by atoms with Gasteiger partial charge in [-0.25, -0.2) is 14.3 Å². The van der Waals surface area contributed by atoms with Crippen molar-refractivity contribution >= 4 is 39.8 Å². The van der Waals surface area contributed by atoms with Gasteiger partial charge in [0.15, 0.2) is 0 Å². The second-order valence-electron chi connectivity index (χ2n) is 9.79. The van der Waals surface area contributed by atoms with Crippen molar-refractivity contribution in [2.24, 2.45) is 10.9 Å². The Balaban J connectivity index is 1.44. The fourth-order valence-electron chi connectivity index (χ4n) is 4.89. The number of methoxy groups -OCH3 is 2. The average Bonchev–Trinajstić information content (AvgIpc) is 3.64. The summed E-state index contributed by atoms with van der Waals surface area (Å²) >= 11 is 1.40. The van der Waals surface area contributed by atoms with Crippen LogP contribution in [-0.2, 0) is 12.1 Å². The Morgan fingerprint density at radius 2 is 1.92 bits per heavy atom. The highest BCUT2D eigenvalue weighted by molar-refractivity contribution is 8.23. The number of anilines is 1. The van der Waals surface area contributed by atoms with Crippen LogP contribution in [0.2, 0.25) is 0 Å². The summed E-state index contributed by atoms with van der Waals surface area (Å²) in [5, 5.41) is 8.10. The topological polar surface area (TPSA) is 129 Å². The van der Waals surface area contributed by atoms with E-state index in [0.29, 0.717) is 34.4 Å². The van der Waals surface area contributed by atoms with Crippen LogP contribution in [0.3, 0.4) is 0 Å². The molecular formula is C27H33N5O5S2. The van der Waals surface area contributed by atoms with Gasteiger partial charge in [0, 0.05) is 36.2 Å². The van der Waals surface area contributed by atoms with Crippen LogP contribution in [0, 0.1) is 5.92 Å². The summed E-state index contributed by atoms with van der Waals surface area (Å²) in [6, 6.07) is 14.4. The molecule has 39 heavy (non-hydrogen) atoms. The Bertz CT molecular complexity index is 1380. The van der Waals surface area contributed by atoms with Crippen LogP contribution in [-0.4, -0.2) is 56.8 Å². The number of nitrogens with one attached hydrogen (secondary N) is 2. The quantitative estimate of drug-likeness (QED) is 0.292. The summed E-state index contributed by atoms with van der Waals surface area (Å²) in [5.74, 6) is 1.88. The fraction of sp³-hybridized carbons (Fsp3) is 0.370. The van der Waals surface area contributed by atoms with Crippen molar-refractivity contribution in [3.05, 3.63) is 70.0 Å². The van der Waals surface area contributed by atoms with Gasteiger partial charge in [0.25, 0.3) is 5.91 Å². The van der Waals surface area contributed by atoms with Gasteiger partial charge in [-0.2, -0.15) is 0 Å². The molecule has 0 saturated heterocycles. The van der Waals surface area contributed by atoms with E-state index < -0.39 is 21.6 Å². The van der Waals surface area contributed by atoms with Gasteiger partial charge < -0.3 is 14.8 Å². The molecule has 4 N–H and O–H groups in total. The van der Waals surface area contributed by atoms with E-state index in [1.165, 1.54) is 15.6 Å². The lowest BCUT2D eigenvalue weighted by Crippen LogP contribution is -2.56. The summed E-state index contributed by atoms with van der Waals surface area (Å²) in [4.78, 5) is 22.7. The van der Waals surface area contributed by atoms with Gasteiger partial charge in [0.1, 0.15) is 33.1 Å². The minimum Gasteiger partial charge on any atom is -0.497 e. The molecule has 1 aliphatic heterocycles. The van der Waals surface area contributed by atoms with E-state index in [0.717, 1.165) is 18.4 Å². The van der Waals surface area contributed by atoms with Crippen LogP contribution in [0.15, 0.2) is 58.9 Å². The second kappa shape index (κ2) is 10.7. The monoisotopic (exact) mass is 571 g/mol. The van der Waals surface area contributed by atoms with Gasteiger partial charge in [-0.1, -0.05) is 18.2 Å². The molecule has 2 aromatic carbocycles. The van der Waals surface area contributed by atoms with Gasteiger partial charge in [-0.15, -0.1) is 22.1 Å². The molecule has 1 fully saturated rings. The molecule has 1 aliphatic carbocycles. The van der Waals surface area contributed by atoms with E-state index in [2.05, 4.69) is 10.6 Å². The maximum Gasteiger partial charge on any atom is 0.257 e. The van der Waals surface area contributed by atoms with E-state index in [1.54, 1.807) is 45.5 Å². The molecule has 0 spiro atoms. The number of thiazole rings is 1. The number of carbonyl (C=O) groups is 1. The Kier molecular flexibility index (Phi) is 7.47. The largest absolute Gasteiger partial charge is 0.497 e. The van der Waals surface area contributed by atoms with Gasteiger partial charge in [0.2, 0.25) is 5.96 Å². The molecule has 3 aromatic rings. The maximum absolute atomic E-state index is 12.9. The summed E-state index contributed by atoms with van der Waals surface area (Å²) in [6.07, 6.45) is 1.78. The molecule has 5 rings (SSSR count). The normalized spacial score (nSPS) is 23.0. The molecule has 0 radical (unpaired) electrons. The molecule has 208 valence electrons. The van der Waals surface area contributed by atoms with Crippen molar-refractivity contribution in [1.29, 1.82) is 0 Å². The molecule has 0 bridgehead atoms. The standard InChI is InChI=1S/C27H33N5O5S2/c1-27(25-29-22(16-38-25)28-15-19-12-13-20(36-3)14-21(19)37-4)23(17-10-11-17)39(34,35)32(2)26(31-27)30-24(33)18-8-6-5-7-9-18/h5-9,12-14,16-17,23,28,34-35H,10-11,15H2,1-4H3,(H,30,31,33). The molecule has 12 heteroatoms. The van der Waals surface area contributed by atoms with Gasteiger partial charge >= 0.3 is 0 Å². The van der Waals surface area contributed by atoms with Crippen molar-refractivity contribution in [2.45, 2.75) is 37.1 Å². The van der Waals surface area contributed by atoms with Gasteiger partial charge in [-0.05, 0) is 49.9 Å². The van der Waals surface area contributed by atoms with Crippen molar-refractivity contribution in [3.63, 3.8) is 0 Å². The van der Waals surface area contributed by atoms with Crippen molar-refractivity contribution < 1.29 is 23.4 Å². The number of aromatic nitrogens is 1. The number of ether oxygens (including phenoxy) is 2. The SMILES string of the molecule is COc1ccc(CNc2csc(C3(C)N=C(NC(=O)c4ccccc4)N(C)S(O)(O)C3C3CC3)n2)c(OC)c1. The zero-order chi connectivity index (χ0) is 27.8. The number of carbonyl (C=O) groups excluding carboxylic acids is 1. The van der Waals surface area contributed by atoms with E-state index in [4.69, 9.17) is 19.5 Å². The lowest BCUT2D eigenvalue weighted by atomic mass is 9.95. The first-order chi connectivity index (χ1) is 18.7. The number of rotatable bonds is 8. The Labute approximate surface area is 233 Å². The summed E-state index contributed by atoms with van der Waals surface area (Å²) in [5.41, 5.74) is 0.340. The van der Waals surface area contributed by atoms with Crippen LogP contribution in [0.5, 0.6) is 11.5 Å². The Morgan fingerprint density at radius 1 is 1.18 bits per heavy atom. The minimum absolute atomic E-state index is 0.0986. The summed E-state index contributed by atoms with van der Waals surface area (Å²) in [7, 11) is 1.46. The van der Waals surface area contributed by atoms with Crippen molar-refractivity contribution in [1.82, 2.24) is 14.6 Å². The second-order valence-corrected chi connectivity index (χ2v) is 12.8. The van der Waals surface area contributed by atoms with Crippen molar-refractivity contribution in [3.8, 4) is 11.5 Å². The molecule has 1 saturated carbocycles. The highest BCUT2D eigenvalue weighted by Crippen LogP contribution is 2.64. The molecule has 1 amide bonds. The highest BCUT2D eigenvalue weighted by Gasteiger charge is 2.58. The third-order valence-corrected chi connectivity index (χ3v) is 10.7. The van der Waals surface area contributed by atoms with Crippen LogP contribution in [0.4, 0.5) is 5.82 Å². The zero-order valence-corrected chi connectivity index (χ0v) is 23.9. The molecule has 2 atom stereocenters. The van der Waals surface area contributed by atoms with E-state index in [-0.39, 0.29) is 17.8 Å². The number of guanidine groups is 1. The molecule has 2 unspecified atom stereocenters. The predicted molar refractivity (Wildman–Crippen MR) is 155 cm³/mol. The smallest absolute Gasteiger partial charge is 0.257 e. The Hall–Kier alpha value is -3.32. The number of amides is 1. The van der Waals surface area contributed by atoms with E-state index in [1.807, 2.05) is 36.6 Å². The summed E-state index contributed by atoms with van der Waals surface area (Å²) in [6.45, 7) is 2.35. The fourth-order valence-corrected chi connectivity index (χ4v) is 8.13. The first-order valence-electron chi connectivity index (χ1n) is 12.6. The minimum atomic E-state index is -3.33. The molecule has 10 nitrogen and oxygen atoms in total. The Morgan fingerprint density at radius 3 is 2.59 bits per heavy atom. The lowest BCUT2D eigenvalue weighted by Gasteiger charge is -2.55. The van der Waals surface area contributed by atoms with Crippen LogP contribution in [0.25, 0.3) is 0 Å².